The van der Waals surface area contributed by atoms with Gasteiger partial charge in [-0.15, -0.1) is 11.8 Å². The van der Waals surface area contributed by atoms with Crippen LogP contribution in [0.4, 0.5) is 18.9 Å². The van der Waals surface area contributed by atoms with Crippen molar-refractivity contribution in [3.8, 4) is 5.75 Å². The molecule has 0 aromatic heterocycles. The lowest BCUT2D eigenvalue weighted by Crippen LogP contribution is -2.48. The van der Waals surface area contributed by atoms with Crippen molar-refractivity contribution in [1.82, 2.24) is 4.90 Å². The number of amides is 2. The van der Waals surface area contributed by atoms with E-state index < -0.39 is 24.7 Å². The maximum atomic E-state index is 12.6. The minimum atomic E-state index is -4.47. The fraction of sp³-hybridized carbons (Fsp3) is 0.500. The molecule has 2 aliphatic heterocycles. The molecule has 5 nitrogen and oxygen atoms in total. The third kappa shape index (κ3) is 3.70. The van der Waals surface area contributed by atoms with Gasteiger partial charge in [0.15, 0.2) is 6.61 Å². The Morgan fingerprint density at radius 3 is 2.88 bits per heavy atom. The number of anilines is 1. The number of nitrogens with zero attached hydrogens (tertiary/aromatic N) is 1. The summed E-state index contributed by atoms with van der Waals surface area (Å²) in [6, 6.07) is 5.30. The third-order valence-corrected chi connectivity index (χ3v) is 5.79. The number of nitrogens with one attached hydrogen (secondary N) is 1. The van der Waals surface area contributed by atoms with Gasteiger partial charge < -0.3 is 15.0 Å². The molecule has 25 heavy (non-hydrogen) atoms. The van der Waals surface area contributed by atoms with Gasteiger partial charge in [0.2, 0.25) is 11.8 Å². The number of hydrogen-bond acceptors (Lipinski definition) is 4. The summed E-state index contributed by atoms with van der Waals surface area (Å²) in [5.41, 5.74) is 0.155. The van der Waals surface area contributed by atoms with Gasteiger partial charge >= 0.3 is 6.18 Å². The van der Waals surface area contributed by atoms with Gasteiger partial charge in [-0.1, -0.05) is 12.1 Å². The molecule has 0 aliphatic carbocycles. The molecule has 0 spiro atoms. The first-order valence-corrected chi connectivity index (χ1v) is 8.74. The van der Waals surface area contributed by atoms with E-state index in [4.69, 9.17) is 4.74 Å². The van der Waals surface area contributed by atoms with Crippen molar-refractivity contribution >= 4 is 29.3 Å². The van der Waals surface area contributed by atoms with Gasteiger partial charge in [0.25, 0.3) is 0 Å². The Balaban J connectivity index is 1.73. The van der Waals surface area contributed by atoms with Crippen LogP contribution in [-0.4, -0.2) is 46.2 Å². The number of carbonyl (C=O) groups is 2. The van der Waals surface area contributed by atoms with Crippen LogP contribution in [0.2, 0.25) is 0 Å². The predicted octanol–water partition coefficient (Wildman–Crippen LogP) is 3.02. The SMILES string of the molecule is CC12CCC(=O)N1C(C(=O)Nc1ccccc1OCC(F)(F)F)CS2. The summed E-state index contributed by atoms with van der Waals surface area (Å²) < 4.78 is 41.8. The molecule has 136 valence electrons. The van der Waals surface area contributed by atoms with Gasteiger partial charge in [-0.3, -0.25) is 9.59 Å². The molecule has 0 bridgehead atoms. The molecule has 0 saturated carbocycles. The van der Waals surface area contributed by atoms with Crippen molar-refractivity contribution in [3.63, 3.8) is 0 Å². The van der Waals surface area contributed by atoms with E-state index in [1.807, 2.05) is 6.92 Å². The summed E-state index contributed by atoms with van der Waals surface area (Å²) in [7, 11) is 0. The number of alkyl halides is 3. The lowest BCUT2D eigenvalue weighted by atomic mass is 10.2. The summed E-state index contributed by atoms with van der Waals surface area (Å²) in [5.74, 6) is -0.0993. The van der Waals surface area contributed by atoms with Gasteiger partial charge in [0.05, 0.1) is 10.6 Å². The number of benzene rings is 1. The van der Waals surface area contributed by atoms with Crippen molar-refractivity contribution in [1.29, 1.82) is 0 Å². The first-order chi connectivity index (χ1) is 11.7. The second-order valence-corrected chi connectivity index (χ2v) is 7.66. The number of thioether (sulfide) groups is 1. The molecule has 2 saturated heterocycles. The normalized spacial score (nSPS) is 25.8. The Morgan fingerprint density at radius 2 is 2.16 bits per heavy atom. The average Bonchev–Trinajstić information content (AvgIpc) is 3.02. The average molecular weight is 374 g/mol. The van der Waals surface area contributed by atoms with Crippen LogP contribution in [0.3, 0.4) is 0 Å². The Morgan fingerprint density at radius 1 is 1.44 bits per heavy atom. The summed E-state index contributed by atoms with van der Waals surface area (Å²) in [4.78, 5) is 25.9. The molecular weight excluding hydrogens is 357 g/mol. The maximum Gasteiger partial charge on any atom is 0.422 e. The second kappa shape index (κ2) is 6.44. The molecule has 2 amide bonds. The highest BCUT2D eigenvalue weighted by molar-refractivity contribution is 8.01. The topological polar surface area (TPSA) is 58.6 Å². The smallest absolute Gasteiger partial charge is 0.422 e. The molecule has 2 unspecified atom stereocenters. The fourth-order valence-electron chi connectivity index (χ4n) is 3.09. The quantitative estimate of drug-likeness (QED) is 0.880. The van der Waals surface area contributed by atoms with Crippen LogP contribution in [0.15, 0.2) is 24.3 Å². The molecule has 1 N–H and O–H groups in total. The third-order valence-electron chi connectivity index (χ3n) is 4.28. The van der Waals surface area contributed by atoms with Crippen LogP contribution in [0.25, 0.3) is 0 Å². The molecule has 2 aliphatic rings. The molecular formula is C16H17F3N2O3S. The van der Waals surface area contributed by atoms with E-state index in [0.29, 0.717) is 18.6 Å². The van der Waals surface area contributed by atoms with Gasteiger partial charge in [0, 0.05) is 12.2 Å². The van der Waals surface area contributed by atoms with Crippen molar-refractivity contribution in [3.05, 3.63) is 24.3 Å². The van der Waals surface area contributed by atoms with Crippen LogP contribution in [-0.2, 0) is 9.59 Å². The van der Waals surface area contributed by atoms with E-state index in [2.05, 4.69) is 5.32 Å². The van der Waals surface area contributed by atoms with E-state index >= 15 is 0 Å². The van der Waals surface area contributed by atoms with E-state index in [-0.39, 0.29) is 22.2 Å². The molecule has 9 heteroatoms. The van der Waals surface area contributed by atoms with Crippen LogP contribution in [0, 0.1) is 0 Å². The zero-order valence-electron chi connectivity index (χ0n) is 13.4. The number of rotatable bonds is 4. The van der Waals surface area contributed by atoms with Gasteiger partial charge in [-0.2, -0.15) is 13.2 Å². The van der Waals surface area contributed by atoms with Crippen LogP contribution in [0.5, 0.6) is 5.75 Å². The van der Waals surface area contributed by atoms with Gasteiger partial charge in [-0.25, -0.2) is 0 Å². The largest absolute Gasteiger partial charge is 0.482 e. The summed E-state index contributed by atoms with van der Waals surface area (Å²) >= 11 is 1.55. The Kier molecular flexibility index (Phi) is 4.61. The summed E-state index contributed by atoms with van der Waals surface area (Å²) in [5, 5.41) is 2.60. The number of fused-ring (bicyclic) bond motifs is 1. The lowest BCUT2D eigenvalue weighted by molar-refractivity contribution is -0.153. The number of halogens is 3. The molecule has 2 fully saturated rings. The molecule has 2 heterocycles. The fourth-order valence-corrected chi connectivity index (χ4v) is 4.52. The highest BCUT2D eigenvalue weighted by Gasteiger charge is 2.52. The predicted molar refractivity (Wildman–Crippen MR) is 87.4 cm³/mol. The zero-order valence-corrected chi connectivity index (χ0v) is 14.2. The summed E-state index contributed by atoms with van der Waals surface area (Å²) in [6.07, 6.45) is -3.38. The minimum absolute atomic E-state index is 0.0608. The standard InChI is InChI=1S/C16H17F3N2O3S/c1-15-7-6-13(22)21(15)11(8-25-15)14(23)20-10-4-2-3-5-12(10)24-9-16(17,18)19/h2-5,11H,6-9H2,1H3,(H,20,23). The molecule has 0 radical (unpaired) electrons. The second-order valence-electron chi connectivity index (χ2n) is 6.15. The number of ether oxygens (including phenoxy) is 1. The van der Waals surface area contributed by atoms with E-state index in [1.54, 1.807) is 22.7 Å². The monoisotopic (exact) mass is 374 g/mol. The maximum absolute atomic E-state index is 12.6. The van der Waals surface area contributed by atoms with Gasteiger partial charge in [-0.05, 0) is 25.5 Å². The van der Waals surface area contributed by atoms with Gasteiger partial charge in [0.1, 0.15) is 11.8 Å². The molecule has 1 aromatic carbocycles. The number of para-hydroxylation sites is 2. The van der Waals surface area contributed by atoms with E-state index in [1.165, 1.54) is 18.2 Å². The van der Waals surface area contributed by atoms with Crippen LogP contribution in [0.1, 0.15) is 19.8 Å². The minimum Gasteiger partial charge on any atom is -0.482 e. The van der Waals surface area contributed by atoms with Crippen molar-refractivity contribution < 1.29 is 27.5 Å². The lowest BCUT2D eigenvalue weighted by Gasteiger charge is -2.30. The Bertz CT molecular complexity index is 697. The first-order valence-electron chi connectivity index (χ1n) is 7.75. The molecule has 2 atom stereocenters. The van der Waals surface area contributed by atoms with Crippen molar-refractivity contribution in [2.75, 3.05) is 17.7 Å². The highest BCUT2D eigenvalue weighted by Crippen LogP contribution is 2.47. The first kappa shape index (κ1) is 17.9. The van der Waals surface area contributed by atoms with E-state index in [9.17, 15) is 22.8 Å². The van der Waals surface area contributed by atoms with Crippen LogP contribution < -0.4 is 10.1 Å². The number of hydrogen-bond donors (Lipinski definition) is 1. The molecule has 3 rings (SSSR count). The highest BCUT2D eigenvalue weighted by atomic mass is 32.2. The number of carbonyl (C=O) groups excluding carboxylic acids is 2. The zero-order chi connectivity index (χ0) is 18.2. The summed E-state index contributed by atoms with van der Waals surface area (Å²) in [6.45, 7) is 0.484. The van der Waals surface area contributed by atoms with E-state index in [0.717, 1.165) is 0 Å². The van der Waals surface area contributed by atoms with Crippen molar-refractivity contribution in [2.24, 2.45) is 0 Å². The Labute approximate surface area is 146 Å². The van der Waals surface area contributed by atoms with Crippen molar-refractivity contribution in [2.45, 2.75) is 36.9 Å². The van der Waals surface area contributed by atoms with Crippen LogP contribution >= 0.6 is 11.8 Å². The molecule has 1 aromatic rings. The Hall–Kier alpha value is -1.90.